The van der Waals surface area contributed by atoms with Crippen molar-refractivity contribution in [1.82, 2.24) is 0 Å². The summed E-state index contributed by atoms with van der Waals surface area (Å²) in [5.41, 5.74) is 0.406. The monoisotopic (exact) mass is 256 g/mol. The maximum Gasteiger partial charge on any atom is 0.342 e. The van der Waals surface area contributed by atoms with E-state index in [-0.39, 0.29) is 28.2 Å². The summed E-state index contributed by atoms with van der Waals surface area (Å²) in [6, 6.07) is 1.15. The number of rotatable bonds is 2. The van der Waals surface area contributed by atoms with Gasteiger partial charge in [0.2, 0.25) is 0 Å². The van der Waals surface area contributed by atoms with Crippen LogP contribution in [0, 0.1) is 0 Å². The Labute approximate surface area is 104 Å². The third kappa shape index (κ3) is 2.05. The highest BCUT2D eigenvalue weighted by Gasteiger charge is 2.31. The smallest absolute Gasteiger partial charge is 0.342 e. The molecule has 1 atom stereocenters. The third-order valence-corrected chi connectivity index (χ3v) is 3.14. The van der Waals surface area contributed by atoms with Crippen molar-refractivity contribution in [2.45, 2.75) is 32.3 Å². The fraction of sp³-hybridized carbons (Fsp3) is 0.417. The third-order valence-electron chi connectivity index (χ3n) is 2.85. The number of ether oxygens (including phenoxy) is 1. The van der Waals surface area contributed by atoms with Crippen molar-refractivity contribution in [3.8, 4) is 11.5 Å². The number of hydrogen-bond donors (Lipinski definition) is 2. The Hall–Kier alpha value is -1.42. The first-order chi connectivity index (χ1) is 8.04. The van der Waals surface area contributed by atoms with E-state index in [4.69, 9.17) is 16.3 Å². The highest BCUT2D eigenvalue weighted by Crippen LogP contribution is 2.40. The molecule has 0 amide bonds. The zero-order chi connectivity index (χ0) is 12.6. The maximum atomic E-state index is 11.7. The number of phenols is 2. The summed E-state index contributed by atoms with van der Waals surface area (Å²) < 4.78 is 5.18. The van der Waals surface area contributed by atoms with Crippen LogP contribution < -0.4 is 0 Å². The summed E-state index contributed by atoms with van der Waals surface area (Å²) >= 11 is 5.76. The molecular formula is C12H13ClO4. The van der Waals surface area contributed by atoms with E-state index in [1.165, 1.54) is 0 Å². The molecule has 2 rings (SSSR count). The second kappa shape index (κ2) is 4.45. The lowest BCUT2D eigenvalue weighted by Crippen LogP contribution is -2.27. The minimum absolute atomic E-state index is 0.0271. The quantitative estimate of drug-likeness (QED) is 0.631. The Balaban J connectivity index is 2.49. The molecule has 0 spiro atoms. The van der Waals surface area contributed by atoms with Crippen molar-refractivity contribution in [2.24, 2.45) is 0 Å². The summed E-state index contributed by atoms with van der Waals surface area (Å²) in [7, 11) is 0. The van der Waals surface area contributed by atoms with Gasteiger partial charge in [-0.2, -0.15) is 0 Å². The molecule has 0 saturated heterocycles. The first-order valence-corrected chi connectivity index (χ1v) is 5.86. The van der Waals surface area contributed by atoms with E-state index < -0.39 is 5.97 Å². The van der Waals surface area contributed by atoms with E-state index in [9.17, 15) is 15.0 Å². The molecule has 1 heterocycles. The Morgan fingerprint density at radius 1 is 1.53 bits per heavy atom. The Bertz CT molecular complexity index is 470. The molecule has 1 aromatic carbocycles. The van der Waals surface area contributed by atoms with Crippen LogP contribution in [0.2, 0.25) is 5.02 Å². The van der Waals surface area contributed by atoms with Gasteiger partial charge < -0.3 is 14.9 Å². The van der Waals surface area contributed by atoms with E-state index in [1.807, 2.05) is 6.92 Å². The molecule has 0 fully saturated rings. The van der Waals surface area contributed by atoms with Crippen molar-refractivity contribution in [3.63, 3.8) is 0 Å². The van der Waals surface area contributed by atoms with Crippen LogP contribution in [0.3, 0.4) is 0 Å². The van der Waals surface area contributed by atoms with Crippen LogP contribution in [0.5, 0.6) is 11.5 Å². The van der Waals surface area contributed by atoms with Crippen LogP contribution in [-0.4, -0.2) is 22.3 Å². The summed E-state index contributed by atoms with van der Waals surface area (Å²) in [6.07, 6.45) is 1.72. The lowest BCUT2D eigenvalue weighted by atomic mass is 9.95. The van der Waals surface area contributed by atoms with Gasteiger partial charge in [-0.05, 0) is 6.42 Å². The van der Waals surface area contributed by atoms with Gasteiger partial charge in [0.25, 0.3) is 0 Å². The highest BCUT2D eigenvalue weighted by molar-refractivity contribution is 6.32. The number of phenolic OH excluding ortho intramolecular Hbond substituents is 2. The normalized spacial score (nSPS) is 18.7. The molecule has 92 valence electrons. The molecule has 0 aliphatic carbocycles. The number of esters is 1. The highest BCUT2D eigenvalue weighted by atomic mass is 35.5. The van der Waals surface area contributed by atoms with Crippen LogP contribution in [0.15, 0.2) is 6.07 Å². The van der Waals surface area contributed by atoms with Crippen LogP contribution in [0.1, 0.15) is 35.7 Å². The van der Waals surface area contributed by atoms with E-state index in [1.54, 1.807) is 0 Å². The lowest BCUT2D eigenvalue weighted by Gasteiger charge is -2.25. The second-order valence-electron chi connectivity index (χ2n) is 4.10. The van der Waals surface area contributed by atoms with E-state index >= 15 is 0 Å². The van der Waals surface area contributed by atoms with Crippen LogP contribution >= 0.6 is 11.6 Å². The number of aromatic hydroxyl groups is 2. The van der Waals surface area contributed by atoms with Crippen LogP contribution in [0.25, 0.3) is 0 Å². The molecular weight excluding hydrogens is 244 g/mol. The van der Waals surface area contributed by atoms with Gasteiger partial charge in [-0.25, -0.2) is 4.79 Å². The standard InChI is InChI=1S/C12H13ClO4/c1-2-3-6-4-7-10(12(16)17-6)9(14)5-8(13)11(7)15/h5-6,14-15H,2-4H2,1H3. The first kappa shape index (κ1) is 12.0. The van der Waals surface area contributed by atoms with Gasteiger partial charge >= 0.3 is 5.97 Å². The molecule has 0 radical (unpaired) electrons. The molecule has 1 aliphatic rings. The molecule has 0 saturated carbocycles. The van der Waals surface area contributed by atoms with Crippen molar-refractivity contribution in [3.05, 3.63) is 22.2 Å². The summed E-state index contributed by atoms with van der Waals surface area (Å²) in [6.45, 7) is 1.98. The van der Waals surface area contributed by atoms with E-state index in [0.717, 1.165) is 18.9 Å². The Morgan fingerprint density at radius 3 is 2.88 bits per heavy atom. The van der Waals surface area contributed by atoms with Gasteiger partial charge in [0.15, 0.2) is 0 Å². The predicted molar refractivity (Wildman–Crippen MR) is 62.6 cm³/mol. The van der Waals surface area contributed by atoms with Crippen molar-refractivity contribution in [2.75, 3.05) is 0 Å². The van der Waals surface area contributed by atoms with Crippen molar-refractivity contribution in [1.29, 1.82) is 0 Å². The number of hydrogen-bond acceptors (Lipinski definition) is 4. The molecule has 0 aromatic heterocycles. The molecule has 2 N–H and O–H groups in total. The molecule has 5 heteroatoms. The fourth-order valence-corrected chi connectivity index (χ4v) is 2.28. The molecule has 4 nitrogen and oxygen atoms in total. The number of fused-ring (bicyclic) bond motifs is 1. The summed E-state index contributed by atoms with van der Waals surface area (Å²) in [4.78, 5) is 11.7. The zero-order valence-corrected chi connectivity index (χ0v) is 10.1. The van der Waals surface area contributed by atoms with Gasteiger partial charge in [-0.3, -0.25) is 0 Å². The Morgan fingerprint density at radius 2 is 2.24 bits per heavy atom. The van der Waals surface area contributed by atoms with E-state index in [0.29, 0.717) is 12.0 Å². The first-order valence-electron chi connectivity index (χ1n) is 5.48. The van der Waals surface area contributed by atoms with Crippen LogP contribution in [0.4, 0.5) is 0 Å². The Kier molecular flexibility index (Phi) is 3.15. The molecule has 1 aromatic rings. The zero-order valence-electron chi connectivity index (χ0n) is 9.36. The van der Waals surface area contributed by atoms with Gasteiger partial charge in [0, 0.05) is 18.1 Å². The van der Waals surface area contributed by atoms with Crippen molar-refractivity contribution >= 4 is 17.6 Å². The van der Waals surface area contributed by atoms with Gasteiger partial charge in [-0.15, -0.1) is 0 Å². The fourth-order valence-electron chi connectivity index (χ4n) is 2.07. The summed E-state index contributed by atoms with van der Waals surface area (Å²) in [5.74, 6) is -0.992. The number of cyclic esters (lactones) is 1. The SMILES string of the molecule is CCCC1Cc2c(O)c(Cl)cc(O)c2C(=O)O1. The summed E-state index contributed by atoms with van der Waals surface area (Å²) in [5, 5.41) is 19.5. The lowest BCUT2D eigenvalue weighted by molar-refractivity contribution is 0.0229. The topological polar surface area (TPSA) is 66.8 Å². The molecule has 1 unspecified atom stereocenters. The van der Waals surface area contributed by atoms with Gasteiger partial charge in [0.1, 0.15) is 23.2 Å². The number of halogens is 1. The molecule has 0 bridgehead atoms. The number of carbonyl (C=O) groups is 1. The predicted octanol–water partition coefficient (Wildman–Crippen LogP) is 2.63. The van der Waals surface area contributed by atoms with E-state index in [2.05, 4.69) is 0 Å². The maximum absolute atomic E-state index is 11.7. The number of carbonyl (C=O) groups excluding carboxylic acids is 1. The van der Waals surface area contributed by atoms with Gasteiger partial charge in [-0.1, -0.05) is 24.9 Å². The molecule has 1 aliphatic heterocycles. The second-order valence-corrected chi connectivity index (χ2v) is 4.51. The van der Waals surface area contributed by atoms with Crippen molar-refractivity contribution < 1.29 is 19.7 Å². The average molecular weight is 257 g/mol. The van der Waals surface area contributed by atoms with Crippen LogP contribution in [-0.2, 0) is 11.2 Å². The largest absolute Gasteiger partial charge is 0.507 e. The minimum atomic E-state index is -0.603. The van der Waals surface area contributed by atoms with Gasteiger partial charge in [0.05, 0.1) is 5.02 Å². The molecule has 17 heavy (non-hydrogen) atoms. The number of benzene rings is 1. The minimum Gasteiger partial charge on any atom is -0.507 e. The average Bonchev–Trinajstić information content (AvgIpc) is 2.25.